The molecule has 0 amide bonds. The highest BCUT2D eigenvalue weighted by Crippen LogP contribution is 2.22. The molecule has 0 aliphatic heterocycles. The van der Waals surface area contributed by atoms with Gasteiger partial charge in [0.1, 0.15) is 0 Å². The fourth-order valence-corrected chi connectivity index (χ4v) is 2.72. The Balaban J connectivity index is 2.27. The fourth-order valence-electron chi connectivity index (χ4n) is 2.72. The third-order valence-electron chi connectivity index (χ3n) is 3.79. The van der Waals surface area contributed by atoms with Crippen molar-refractivity contribution < 1.29 is 0 Å². The smallest absolute Gasteiger partial charge is 0.0234 e. The maximum atomic E-state index is 2.49. The van der Waals surface area contributed by atoms with Crippen LogP contribution in [0.15, 0.2) is 12.2 Å². The van der Waals surface area contributed by atoms with Crippen LogP contribution >= 0.6 is 0 Å². The van der Waals surface area contributed by atoms with Gasteiger partial charge in [0.25, 0.3) is 0 Å². The molecule has 1 rings (SSSR count). The fraction of sp³-hybridized carbons (Fsp3) is 0.875. The molecule has 0 radical (unpaired) electrons. The molecule has 0 atom stereocenters. The molecule has 1 aliphatic rings. The van der Waals surface area contributed by atoms with Crippen molar-refractivity contribution in [2.24, 2.45) is 5.92 Å². The summed E-state index contributed by atoms with van der Waals surface area (Å²) in [5, 5.41) is 0. The van der Waals surface area contributed by atoms with E-state index in [1.807, 2.05) is 0 Å². The van der Waals surface area contributed by atoms with Gasteiger partial charge in [0.15, 0.2) is 0 Å². The minimum atomic E-state index is 0.888. The normalized spacial score (nSPS) is 22.8. The van der Waals surface area contributed by atoms with E-state index >= 15 is 0 Å². The van der Waals surface area contributed by atoms with Crippen molar-refractivity contribution in [1.29, 1.82) is 0 Å². The van der Waals surface area contributed by atoms with Gasteiger partial charge in [-0.15, -0.1) is 0 Å². The van der Waals surface area contributed by atoms with Crippen molar-refractivity contribution in [3.8, 4) is 0 Å². The first-order valence-electron chi connectivity index (χ1n) is 7.60. The van der Waals surface area contributed by atoms with Gasteiger partial charge in [-0.1, -0.05) is 76.9 Å². The predicted molar refractivity (Wildman–Crippen MR) is 73.7 cm³/mol. The topological polar surface area (TPSA) is 0 Å². The van der Waals surface area contributed by atoms with Gasteiger partial charge in [-0.2, -0.15) is 0 Å². The first-order valence-corrected chi connectivity index (χ1v) is 7.60. The molecule has 0 N–H and O–H groups in total. The summed E-state index contributed by atoms with van der Waals surface area (Å²) in [5.74, 6) is 0.888. The van der Waals surface area contributed by atoms with E-state index in [0.717, 1.165) is 5.92 Å². The lowest BCUT2D eigenvalue weighted by Gasteiger charge is -2.14. The Bertz CT molecular complexity index is 157. The van der Waals surface area contributed by atoms with E-state index in [4.69, 9.17) is 0 Å². The molecular weight excluding hydrogens is 192 g/mol. The molecule has 0 aromatic carbocycles. The molecule has 0 aromatic heterocycles. The van der Waals surface area contributed by atoms with E-state index in [2.05, 4.69) is 19.1 Å². The molecule has 0 nitrogen and oxygen atoms in total. The van der Waals surface area contributed by atoms with Crippen molar-refractivity contribution >= 4 is 0 Å². The van der Waals surface area contributed by atoms with Crippen LogP contribution in [0, 0.1) is 5.92 Å². The number of rotatable bonds is 2. The van der Waals surface area contributed by atoms with E-state index in [0.29, 0.717) is 0 Å². The van der Waals surface area contributed by atoms with Gasteiger partial charge in [-0.25, -0.2) is 0 Å². The Labute approximate surface area is 103 Å². The standard InChI is InChI=1S/C16H30/c1-2-3-13-16-14-11-9-7-5-4-6-8-10-12-15-16/h3,13,16H,2,4-12,14-15H2,1H3. The van der Waals surface area contributed by atoms with Gasteiger partial charge in [0, 0.05) is 0 Å². The Morgan fingerprint density at radius 1 is 0.750 bits per heavy atom. The lowest BCUT2D eigenvalue weighted by atomic mass is 9.92. The zero-order valence-electron chi connectivity index (χ0n) is 11.2. The van der Waals surface area contributed by atoms with E-state index < -0.39 is 0 Å². The quantitative estimate of drug-likeness (QED) is 0.512. The highest BCUT2D eigenvalue weighted by Gasteiger charge is 2.05. The van der Waals surface area contributed by atoms with Crippen LogP contribution in [0.4, 0.5) is 0 Å². The van der Waals surface area contributed by atoms with E-state index in [1.54, 1.807) is 0 Å². The number of hydrogen-bond acceptors (Lipinski definition) is 0. The van der Waals surface area contributed by atoms with Crippen LogP contribution in [0.3, 0.4) is 0 Å². The zero-order chi connectivity index (χ0) is 11.5. The summed E-state index contributed by atoms with van der Waals surface area (Å²) in [5.41, 5.74) is 0. The van der Waals surface area contributed by atoms with Crippen molar-refractivity contribution in [3.05, 3.63) is 12.2 Å². The molecule has 1 fully saturated rings. The van der Waals surface area contributed by atoms with Crippen LogP contribution in [0.1, 0.15) is 84.0 Å². The first-order chi connectivity index (χ1) is 7.93. The summed E-state index contributed by atoms with van der Waals surface area (Å²) in [6, 6.07) is 0. The highest BCUT2D eigenvalue weighted by atomic mass is 14.1. The minimum absolute atomic E-state index is 0.888. The lowest BCUT2D eigenvalue weighted by Crippen LogP contribution is -1.98. The van der Waals surface area contributed by atoms with Gasteiger partial charge < -0.3 is 0 Å². The minimum Gasteiger partial charge on any atom is -0.0885 e. The second-order valence-corrected chi connectivity index (χ2v) is 5.36. The van der Waals surface area contributed by atoms with Crippen molar-refractivity contribution in [2.75, 3.05) is 0 Å². The van der Waals surface area contributed by atoms with Crippen LogP contribution < -0.4 is 0 Å². The third-order valence-corrected chi connectivity index (χ3v) is 3.79. The highest BCUT2D eigenvalue weighted by molar-refractivity contribution is 4.87. The molecule has 0 saturated heterocycles. The van der Waals surface area contributed by atoms with E-state index in [-0.39, 0.29) is 0 Å². The maximum absolute atomic E-state index is 2.49. The predicted octanol–water partition coefficient (Wildman–Crippen LogP) is 5.87. The largest absolute Gasteiger partial charge is 0.0885 e. The molecule has 16 heavy (non-hydrogen) atoms. The Hall–Kier alpha value is -0.260. The average molecular weight is 222 g/mol. The van der Waals surface area contributed by atoms with Crippen molar-refractivity contribution in [1.82, 2.24) is 0 Å². The second kappa shape index (κ2) is 9.93. The summed E-state index contributed by atoms with van der Waals surface area (Å²) in [6.07, 6.45) is 22.2. The zero-order valence-corrected chi connectivity index (χ0v) is 11.2. The Kier molecular flexibility index (Phi) is 8.57. The summed E-state index contributed by atoms with van der Waals surface area (Å²) >= 11 is 0. The van der Waals surface area contributed by atoms with Crippen molar-refractivity contribution in [3.63, 3.8) is 0 Å². The Morgan fingerprint density at radius 2 is 1.19 bits per heavy atom. The van der Waals surface area contributed by atoms with Crippen LogP contribution in [0.2, 0.25) is 0 Å². The van der Waals surface area contributed by atoms with Gasteiger partial charge in [-0.05, 0) is 25.2 Å². The number of allylic oxidation sites excluding steroid dienone is 2. The van der Waals surface area contributed by atoms with Crippen LogP contribution in [0.25, 0.3) is 0 Å². The molecular formula is C16H30. The third kappa shape index (κ3) is 7.09. The molecule has 0 spiro atoms. The SMILES string of the molecule is CCC=CC1CCCCCCCCCCC1. The summed E-state index contributed by atoms with van der Waals surface area (Å²) in [6.45, 7) is 2.24. The monoisotopic (exact) mass is 222 g/mol. The molecule has 0 heteroatoms. The molecule has 1 saturated carbocycles. The maximum Gasteiger partial charge on any atom is -0.0234 e. The summed E-state index contributed by atoms with van der Waals surface area (Å²) < 4.78 is 0. The van der Waals surface area contributed by atoms with Crippen LogP contribution in [0.5, 0.6) is 0 Å². The van der Waals surface area contributed by atoms with E-state index in [9.17, 15) is 0 Å². The van der Waals surface area contributed by atoms with Gasteiger partial charge >= 0.3 is 0 Å². The summed E-state index contributed by atoms with van der Waals surface area (Å²) in [4.78, 5) is 0. The van der Waals surface area contributed by atoms with Crippen molar-refractivity contribution in [2.45, 2.75) is 84.0 Å². The van der Waals surface area contributed by atoms with Gasteiger partial charge in [0.2, 0.25) is 0 Å². The summed E-state index contributed by atoms with van der Waals surface area (Å²) in [7, 11) is 0. The molecule has 0 unspecified atom stereocenters. The van der Waals surface area contributed by atoms with Crippen LogP contribution in [-0.4, -0.2) is 0 Å². The molecule has 94 valence electrons. The average Bonchev–Trinajstić information content (AvgIpc) is 2.28. The Morgan fingerprint density at radius 3 is 1.62 bits per heavy atom. The van der Waals surface area contributed by atoms with Gasteiger partial charge in [0.05, 0.1) is 0 Å². The molecule has 0 heterocycles. The number of hydrogen-bond donors (Lipinski definition) is 0. The first kappa shape index (κ1) is 13.8. The molecule has 0 aromatic rings. The molecule has 0 bridgehead atoms. The van der Waals surface area contributed by atoms with Gasteiger partial charge in [-0.3, -0.25) is 0 Å². The lowest BCUT2D eigenvalue weighted by molar-refractivity contribution is 0.449. The molecule has 1 aliphatic carbocycles. The van der Waals surface area contributed by atoms with E-state index in [1.165, 1.54) is 77.0 Å². The van der Waals surface area contributed by atoms with Crippen LogP contribution in [-0.2, 0) is 0 Å². The second-order valence-electron chi connectivity index (χ2n) is 5.36.